The van der Waals surface area contributed by atoms with E-state index < -0.39 is 0 Å². The van der Waals surface area contributed by atoms with E-state index in [1.165, 1.54) is 33.4 Å². The average molecular weight is 830 g/mol. The summed E-state index contributed by atoms with van der Waals surface area (Å²) in [6.45, 7) is 8.42. The summed E-state index contributed by atoms with van der Waals surface area (Å²) in [4.78, 5) is 7.11. The van der Waals surface area contributed by atoms with Crippen molar-refractivity contribution in [3.8, 4) is 11.1 Å². The highest BCUT2D eigenvalue weighted by molar-refractivity contribution is 5.90. The third-order valence-corrected chi connectivity index (χ3v) is 11.3. The Hall–Kier alpha value is -7.88. The highest BCUT2D eigenvalue weighted by Crippen LogP contribution is 2.46. The zero-order valence-electron chi connectivity index (χ0n) is 37.2. The van der Waals surface area contributed by atoms with Crippen molar-refractivity contribution in [1.82, 2.24) is 0 Å². The van der Waals surface area contributed by atoms with Gasteiger partial charge in [-0.1, -0.05) is 165 Å². The number of allylic oxidation sites excluding steroid dienone is 8. The Labute approximate surface area is 380 Å². The molecule has 0 aliphatic carbocycles. The van der Waals surface area contributed by atoms with Crippen molar-refractivity contribution in [2.45, 2.75) is 34.1 Å². The summed E-state index contributed by atoms with van der Waals surface area (Å²) in [6, 6.07) is 76.4. The monoisotopic (exact) mass is 829 g/mol. The second kappa shape index (κ2) is 20.8. The zero-order chi connectivity index (χ0) is 44.1. The summed E-state index contributed by atoms with van der Waals surface area (Å²) in [5, 5.41) is 0. The number of hydrogen-bond acceptors (Lipinski definition) is 3. The molecule has 0 aliphatic rings. The first-order chi connectivity index (χ1) is 31.6. The molecule has 0 bridgehead atoms. The van der Waals surface area contributed by atoms with Crippen LogP contribution in [0.2, 0.25) is 0 Å². The van der Waals surface area contributed by atoms with Crippen LogP contribution in [0.5, 0.6) is 0 Å². The van der Waals surface area contributed by atoms with Crippen LogP contribution in [0.3, 0.4) is 0 Å². The Morgan fingerprint density at radius 3 is 1.02 bits per heavy atom. The third kappa shape index (κ3) is 9.75. The lowest BCUT2D eigenvalue weighted by Gasteiger charge is -2.33. The quantitative estimate of drug-likeness (QED) is 0.0953. The van der Waals surface area contributed by atoms with E-state index in [0.29, 0.717) is 0 Å². The van der Waals surface area contributed by atoms with Gasteiger partial charge in [0.15, 0.2) is 0 Å². The van der Waals surface area contributed by atoms with Crippen LogP contribution in [-0.4, -0.2) is 0 Å². The molecule has 0 atom stereocenters. The van der Waals surface area contributed by atoms with Crippen molar-refractivity contribution < 1.29 is 0 Å². The summed E-state index contributed by atoms with van der Waals surface area (Å²) in [5.41, 5.74) is 16.6. The first-order valence-electron chi connectivity index (χ1n) is 22.3. The van der Waals surface area contributed by atoms with Crippen molar-refractivity contribution in [2.24, 2.45) is 0 Å². The highest BCUT2D eigenvalue weighted by atomic mass is 15.2. The van der Waals surface area contributed by atoms with Crippen LogP contribution in [0, 0.1) is 0 Å². The summed E-state index contributed by atoms with van der Waals surface area (Å²) in [5.74, 6) is 0. The molecule has 8 aromatic carbocycles. The van der Waals surface area contributed by atoms with Crippen LogP contribution in [0.15, 0.2) is 249 Å². The SMILES string of the molecule is C/C=C\C(=C/C)c1ccc(N(c2ccccc2)c2cc(N(c3ccccc3)c3ccc(C(/C=C\C)=C/CC)cc3)cc(N(c3ccccc3)c3ccc(-c4ccccc4)cc3)c2)cc1. The van der Waals surface area contributed by atoms with Crippen molar-refractivity contribution in [1.29, 1.82) is 0 Å². The van der Waals surface area contributed by atoms with E-state index in [4.69, 9.17) is 0 Å². The van der Waals surface area contributed by atoms with E-state index in [-0.39, 0.29) is 0 Å². The van der Waals surface area contributed by atoms with Gasteiger partial charge in [-0.15, -0.1) is 0 Å². The normalized spacial score (nSPS) is 11.9. The van der Waals surface area contributed by atoms with E-state index in [2.05, 4.69) is 291 Å². The molecule has 0 fully saturated rings. The number of benzene rings is 8. The minimum Gasteiger partial charge on any atom is -0.310 e. The van der Waals surface area contributed by atoms with Crippen LogP contribution < -0.4 is 14.7 Å². The van der Waals surface area contributed by atoms with Gasteiger partial charge in [-0.25, -0.2) is 0 Å². The molecule has 64 heavy (non-hydrogen) atoms. The fourth-order valence-corrected chi connectivity index (χ4v) is 8.30. The molecule has 0 heterocycles. The Kier molecular flexibility index (Phi) is 13.9. The number of para-hydroxylation sites is 3. The molecule has 0 unspecified atom stereocenters. The molecule has 0 saturated heterocycles. The lowest BCUT2D eigenvalue weighted by Crippen LogP contribution is -2.16. The molecule has 8 rings (SSSR count). The molecule has 8 aromatic rings. The standard InChI is InChI=1S/C61H55N3/c1-5-21-47(8-4)50-32-38-56(39-33-50)62(53-26-15-10-16-27-53)59-44-60(63(54-28-17-11-18-29-54)57-40-34-51(35-41-57)48(22-6-2)23-7-3)46-61(45-59)64(55-30-19-12-20-31-55)58-42-36-52(37-43-58)49-24-13-9-14-25-49/h5-6,8-46H,7H2,1-4H3/b21-5-,22-6-,47-8+,48-23+. The second-order valence-corrected chi connectivity index (χ2v) is 15.5. The number of hydrogen-bond donors (Lipinski definition) is 0. The maximum Gasteiger partial charge on any atom is 0.0503 e. The Morgan fingerprint density at radius 2 is 0.656 bits per heavy atom. The van der Waals surface area contributed by atoms with Crippen molar-refractivity contribution >= 4 is 62.3 Å². The summed E-state index contributed by atoms with van der Waals surface area (Å²) in [6.07, 6.45) is 14.0. The molecular formula is C61H55N3. The minimum absolute atomic E-state index is 0.965. The van der Waals surface area contributed by atoms with Gasteiger partial charge >= 0.3 is 0 Å². The third-order valence-electron chi connectivity index (χ3n) is 11.3. The predicted molar refractivity (Wildman–Crippen MR) is 277 cm³/mol. The predicted octanol–water partition coefficient (Wildman–Crippen LogP) is 18.1. The molecule has 0 radical (unpaired) electrons. The summed E-state index contributed by atoms with van der Waals surface area (Å²) in [7, 11) is 0. The first-order valence-corrected chi connectivity index (χ1v) is 22.3. The molecule has 314 valence electrons. The van der Waals surface area contributed by atoms with Gasteiger partial charge in [-0.2, -0.15) is 0 Å². The van der Waals surface area contributed by atoms with Crippen LogP contribution in [0.25, 0.3) is 22.3 Å². The Morgan fingerprint density at radius 1 is 0.344 bits per heavy atom. The van der Waals surface area contributed by atoms with Crippen LogP contribution >= 0.6 is 0 Å². The Bertz CT molecular complexity index is 2840. The zero-order valence-corrected chi connectivity index (χ0v) is 37.2. The highest BCUT2D eigenvalue weighted by Gasteiger charge is 2.22. The molecule has 0 spiro atoms. The van der Waals surface area contributed by atoms with E-state index in [1.807, 2.05) is 0 Å². The van der Waals surface area contributed by atoms with E-state index >= 15 is 0 Å². The second-order valence-electron chi connectivity index (χ2n) is 15.5. The topological polar surface area (TPSA) is 9.72 Å². The number of rotatable bonds is 15. The average Bonchev–Trinajstić information content (AvgIpc) is 3.35. The lowest BCUT2D eigenvalue weighted by atomic mass is 10.0. The Balaban J connectivity index is 1.38. The summed E-state index contributed by atoms with van der Waals surface area (Å²) >= 11 is 0. The molecule has 0 aromatic heterocycles. The van der Waals surface area contributed by atoms with Crippen LogP contribution in [0.1, 0.15) is 45.2 Å². The minimum atomic E-state index is 0.965. The fraction of sp³-hybridized carbons (Fsp3) is 0.0820. The van der Waals surface area contributed by atoms with Crippen molar-refractivity contribution in [3.05, 3.63) is 260 Å². The van der Waals surface area contributed by atoms with Gasteiger partial charge in [-0.3, -0.25) is 0 Å². The molecular weight excluding hydrogens is 775 g/mol. The number of nitrogens with zero attached hydrogens (tertiary/aromatic N) is 3. The molecule has 0 saturated carbocycles. The van der Waals surface area contributed by atoms with Crippen molar-refractivity contribution in [2.75, 3.05) is 14.7 Å². The number of anilines is 9. The molecule has 0 N–H and O–H groups in total. The fourth-order valence-electron chi connectivity index (χ4n) is 8.30. The maximum absolute atomic E-state index is 2.37. The van der Waals surface area contributed by atoms with Gasteiger partial charge < -0.3 is 14.7 Å². The largest absolute Gasteiger partial charge is 0.310 e. The van der Waals surface area contributed by atoms with Gasteiger partial charge in [0, 0.05) is 34.1 Å². The molecule has 3 heteroatoms. The van der Waals surface area contributed by atoms with Gasteiger partial charge in [0.05, 0.1) is 17.1 Å². The van der Waals surface area contributed by atoms with E-state index in [9.17, 15) is 0 Å². The van der Waals surface area contributed by atoms with Gasteiger partial charge in [0.1, 0.15) is 0 Å². The van der Waals surface area contributed by atoms with Gasteiger partial charge in [0.25, 0.3) is 0 Å². The van der Waals surface area contributed by atoms with E-state index in [1.54, 1.807) is 0 Å². The summed E-state index contributed by atoms with van der Waals surface area (Å²) < 4.78 is 0. The molecule has 0 amide bonds. The maximum atomic E-state index is 2.37. The van der Waals surface area contributed by atoms with Crippen molar-refractivity contribution in [3.63, 3.8) is 0 Å². The first kappa shape index (κ1) is 42.8. The smallest absolute Gasteiger partial charge is 0.0503 e. The van der Waals surface area contributed by atoms with Crippen LogP contribution in [-0.2, 0) is 0 Å². The molecule has 0 aliphatic heterocycles. The van der Waals surface area contributed by atoms with Gasteiger partial charge in [-0.05, 0) is 152 Å². The van der Waals surface area contributed by atoms with E-state index in [0.717, 1.165) is 57.6 Å². The van der Waals surface area contributed by atoms with Crippen LogP contribution in [0.4, 0.5) is 51.2 Å². The molecule has 3 nitrogen and oxygen atoms in total. The lowest BCUT2D eigenvalue weighted by molar-refractivity contribution is 1.22. The van der Waals surface area contributed by atoms with Gasteiger partial charge in [0.2, 0.25) is 0 Å².